The van der Waals surface area contributed by atoms with E-state index in [-0.39, 0.29) is 61.5 Å². The van der Waals surface area contributed by atoms with Gasteiger partial charge < -0.3 is 35.1 Å². The number of hydrogen-bond acceptors (Lipinski definition) is 12. The second kappa shape index (κ2) is 18.9. The fourth-order valence-electron chi connectivity index (χ4n) is 7.41. The molecule has 6 rings (SSSR count). The summed E-state index contributed by atoms with van der Waals surface area (Å²) >= 11 is 0. The Kier molecular flexibility index (Phi) is 13.8. The molecule has 4 aliphatic rings. The molecule has 0 aromatic heterocycles. The van der Waals surface area contributed by atoms with Crippen LogP contribution in [0.2, 0.25) is 0 Å². The first-order valence-electron chi connectivity index (χ1n) is 20.2. The molecule has 2 saturated carbocycles. The van der Waals surface area contributed by atoms with Crippen LogP contribution in [-0.2, 0) is 38.6 Å². The topological polar surface area (TPSA) is 245 Å². The van der Waals surface area contributed by atoms with Crippen LogP contribution in [0.5, 0.6) is 0 Å². The predicted octanol–water partition coefficient (Wildman–Crippen LogP) is 3.75. The Balaban J connectivity index is 1.26. The number of amides is 6. The molecule has 5 N–H and O–H groups in total. The van der Waals surface area contributed by atoms with Crippen molar-refractivity contribution in [2.75, 3.05) is 30.4 Å². The Morgan fingerprint density at radius 1 is 0.850 bits per heavy atom. The smallest absolute Gasteiger partial charge is 0.411 e. The third-order valence-corrected chi connectivity index (χ3v) is 12.6. The highest BCUT2D eigenvalue weighted by Gasteiger charge is 2.62. The van der Waals surface area contributed by atoms with E-state index in [9.17, 15) is 42.0 Å². The molecule has 2 heterocycles. The Morgan fingerprint density at radius 3 is 2.12 bits per heavy atom. The van der Waals surface area contributed by atoms with Gasteiger partial charge in [0.15, 0.2) is 0 Å². The van der Waals surface area contributed by atoms with Crippen LogP contribution in [0, 0.1) is 5.92 Å². The van der Waals surface area contributed by atoms with Gasteiger partial charge in [-0.15, -0.1) is 0 Å². The number of carbonyl (C=O) groups excluding carboxylic acids is 7. The van der Waals surface area contributed by atoms with Crippen LogP contribution in [-0.4, -0.2) is 104 Å². The number of rotatable bonds is 11. The summed E-state index contributed by atoms with van der Waals surface area (Å²) in [7, 11) is -3.97. The summed E-state index contributed by atoms with van der Waals surface area (Å²) in [5.41, 5.74) is -1.22. The summed E-state index contributed by atoms with van der Waals surface area (Å²) in [5.74, 6) is -4.22. The molecule has 2 aromatic rings. The zero-order valence-corrected chi connectivity index (χ0v) is 34.2. The number of carbonyl (C=O) groups is 7. The van der Waals surface area contributed by atoms with Crippen molar-refractivity contribution in [1.82, 2.24) is 20.3 Å². The Labute approximate surface area is 347 Å². The molecule has 2 aliphatic carbocycles. The van der Waals surface area contributed by atoms with Gasteiger partial charge in [-0.1, -0.05) is 49.3 Å². The average molecular weight is 851 g/mol. The molecule has 0 spiro atoms. The molecule has 6 amide bonds. The lowest BCUT2D eigenvalue weighted by Crippen LogP contribution is -2.58. The van der Waals surface area contributed by atoms with E-state index in [1.165, 1.54) is 29.2 Å². The van der Waals surface area contributed by atoms with Gasteiger partial charge in [0.25, 0.3) is 5.91 Å². The third kappa shape index (κ3) is 10.4. The number of allylic oxidation sites excluding steroid dienone is 1. The highest BCUT2D eigenvalue weighted by Crippen LogP contribution is 2.46. The summed E-state index contributed by atoms with van der Waals surface area (Å²) in [6, 6.07) is 8.98. The zero-order valence-electron chi connectivity index (χ0n) is 33.4. The summed E-state index contributed by atoms with van der Waals surface area (Å²) in [5, 5.41) is 9.92. The van der Waals surface area contributed by atoms with E-state index in [1.807, 2.05) is 6.08 Å². The van der Waals surface area contributed by atoms with E-state index in [1.54, 1.807) is 44.2 Å². The number of nitrogens with zero attached hydrogens (tertiary/aromatic N) is 1. The van der Waals surface area contributed by atoms with Crippen molar-refractivity contribution in [3.05, 3.63) is 71.8 Å². The van der Waals surface area contributed by atoms with E-state index in [4.69, 9.17) is 14.2 Å². The van der Waals surface area contributed by atoms with Crippen LogP contribution in [0.15, 0.2) is 60.7 Å². The largest absolute Gasteiger partial charge is 0.462 e. The maximum atomic E-state index is 14.6. The Hall–Kier alpha value is -5.98. The monoisotopic (exact) mass is 850 g/mol. The fourth-order valence-corrected chi connectivity index (χ4v) is 8.78. The van der Waals surface area contributed by atoms with Crippen molar-refractivity contribution in [2.24, 2.45) is 5.92 Å². The minimum atomic E-state index is -3.97. The van der Waals surface area contributed by atoms with Crippen molar-refractivity contribution < 1.29 is 56.2 Å². The summed E-state index contributed by atoms with van der Waals surface area (Å²) in [6.45, 7) is 3.19. The Morgan fingerprint density at radius 2 is 1.48 bits per heavy atom. The molecule has 322 valence electrons. The van der Waals surface area contributed by atoms with Crippen molar-refractivity contribution in [3.63, 3.8) is 0 Å². The molecule has 2 aromatic carbocycles. The van der Waals surface area contributed by atoms with Crippen LogP contribution < -0.4 is 26.0 Å². The summed E-state index contributed by atoms with van der Waals surface area (Å²) in [6.07, 6.45) is 4.91. The van der Waals surface area contributed by atoms with Gasteiger partial charge in [0.05, 0.1) is 47.5 Å². The predicted molar refractivity (Wildman–Crippen MR) is 216 cm³/mol. The first-order valence-corrected chi connectivity index (χ1v) is 21.7. The molecule has 3 unspecified atom stereocenters. The number of para-hydroxylation sites is 2. The minimum absolute atomic E-state index is 0.0716. The number of sulfonamides is 1. The van der Waals surface area contributed by atoms with Crippen molar-refractivity contribution >= 4 is 63.2 Å². The van der Waals surface area contributed by atoms with Crippen LogP contribution >= 0.6 is 0 Å². The standard InChI is InChI=1S/C41H50N6O12S/c1-3-57-36(50)28-15-10-12-17-30(28)42-39(53)43-32-19-9-7-5-6-8-14-25-23-41(25,38(52)46-60(55,56)27-20-21-27)45-34(48)33-22-26(24-47(33)35(32)49)59-40(54)44-31-18-13-11-16-29(31)37(51)58-4-2/h8,10-18,25-27,32-33H,3-7,9,19-24H2,1-2H3,(H,44,54)(H,45,48)(H,46,52)(H2,42,43,53)/b14-8-/t25?,26-,32-,33?,41?/m1/s1. The summed E-state index contributed by atoms with van der Waals surface area (Å²) < 4.78 is 43.8. The lowest BCUT2D eigenvalue weighted by Gasteiger charge is -2.30. The summed E-state index contributed by atoms with van der Waals surface area (Å²) in [4.78, 5) is 95.8. The maximum Gasteiger partial charge on any atom is 0.411 e. The van der Waals surface area contributed by atoms with Crippen LogP contribution in [0.3, 0.4) is 0 Å². The molecule has 18 nitrogen and oxygen atoms in total. The van der Waals surface area contributed by atoms with Gasteiger partial charge in [0, 0.05) is 12.3 Å². The number of urea groups is 1. The number of nitrogens with one attached hydrogen (secondary N) is 5. The number of hydrogen-bond donors (Lipinski definition) is 5. The molecule has 5 atom stereocenters. The lowest BCUT2D eigenvalue weighted by atomic mass is 10.0. The molecule has 2 aliphatic heterocycles. The second-order valence-corrected chi connectivity index (χ2v) is 17.1. The van der Waals surface area contributed by atoms with Crippen molar-refractivity contribution in [1.29, 1.82) is 0 Å². The first-order chi connectivity index (χ1) is 28.8. The van der Waals surface area contributed by atoms with Crippen LogP contribution in [0.4, 0.5) is 21.0 Å². The highest BCUT2D eigenvalue weighted by atomic mass is 32.2. The number of ether oxygens (including phenoxy) is 3. The van der Waals surface area contributed by atoms with Gasteiger partial charge in [0.2, 0.25) is 21.8 Å². The maximum absolute atomic E-state index is 14.6. The van der Waals surface area contributed by atoms with Crippen LogP contribution in [0.25, 0.3) is 0 Å². The van der Waals surface area contributed by atoms with Gasteiger partial charge in [-0.05, 0) is 76.6 Å². The normalized spacial score (nSPS) is 24.7. The molecular formula is C41H50N6O12S. The molecule has 3 fully saturated rings. The lowest BCUT2D eigenvalue weighted by molar-refractivity contribution is -0.141. The van der Waals surface area contributed by atoms with E-state index in [2.05, 4.69) is 26.0 Å². The molecule has 19 heteroatoms. The van der Waals surface area contributed by atoms with Gasteiger partial charge in [-0.2, -0.15) is 0 Å². The van der Waals surface area contributed by atoms with Crippen molar-refractivity contribution in [2.45, 2.75) is 101 Å². The van der Waals surface area contributed by atoms with E-state index < -0.39 is 86.7 Å². The molecular weight excluding hydrogens is 801 g/mol. The SMILES string of the molecule is CCOC(=O)c1ccccc1NC(=O)N[C@@H]1CCCCC/C=C\C2CC2(C(=O)NS(=O)(=O)C2CC2)NC(=O)C2C[C@@H](OC(=O)Nc3ccccc3C(=O)OCC)CN2C1=O. The second-order valence-electron chi connectivity index (χ2n) is 15.1. The first kappa shape index (κ1) is 43.6. The molecule has 60 heavy (non-hydrogen) atoms. The van der Waals surface area contributed by atoms with E-state index >= 15 is 0 Å². The van der Waals surface area contributed by atoms with Gasteiger partial charge in [-0.25, -0.2) is 27.6 Å². The third-order valence-electron chi connectivity index (χ3n) is 10.8. The average Bonchev–Trinajstić information content (AvgIpc) is 4.14. The molecule has 0 bridgehead atoms. The Bertz CT molecular complexity index is 2140. The molecule has 0 radical (unpaired) electrons. The zero-order chi connectivity index (χ0) is 43.0. The highest BCUT2D eigenvalue weighted by molar-refractivity contribution is 7.91. The quantitative estimate of drug-likeness (QED) is 0.123. The van der Waals surface area contributed by atoms with E-state index in [0.717, 1.165) is 0 Å². The minimum Gasteiger partial charge on any atom is -0.462 e. The van der Waals surface area contributed by atoms with Gasteiger partial charge in [0.1, 0.15) is 23.7 Å². The van der Waals surface area contributed by atoms with E-state index in [0.29, 0.717) is 38.5 Å². The number of anilines is 2. The number of esters is 2. The van der Waals surface area contributed by atoms with Crippen molar-refractivity contribution in [3.8, 4) is 0 Å². The van der Waals surface area contributed by atoms with Gasteiger partial charge in [-0.3, -0.25) is 24.4 Å². The molecule has 1 saturated heterocycles. The van der Waals surface area contributed by atoms with Crippen LogP contribution in [0.1, 0.15) is 92.4 Å². The van der Waals surface area contributed by atoms with Gasteiger partial charge >= 0.3 is 24.1 Å². The number of benzene rings is 2. The number of fused-ring (bicyclic) bond motifs is 2. The fraction of sp³-hybridized carbons (Fsp3) is 0.488.